The second-order valence-electron chi connectivity index (χ2n) is 4.07. The van der Waals surface area contributed by atoms with Crippen molar-refractivity contribution in [2.45, 2.75) is 13.5 Å². The monoisotopic (exact) mass is 353 g/mol. The van der Waals surface area contributed by atoms with E-state index in [1.165, 1.54) is 6.92 Å². The lowest BCUT2D eigenvalue weighted by Crippen LogP contribution is -2.13. The predicted molar refractivity (Wildman–Crippen MR) is 79.7 cm³/mol. The Morgan fingerprint density at radius 3 is 2.76 bits per heavy atom. The number of nitrogens with zero attached hydrogens (tertiary/aromatic N) is 3. The SMILES string of the molecule is Cc1nc(NN)nc(OCc2ccccc2Br)c1[N+](=O)[O-]. The number of nitrogens with one attached hydrogen (secondary N) is 1. The predicted octanol–water partition coefficient (Wildman–Crippen LogP) is 2.32. The van der Waals surface area contributed by atoms with Crippen molar-refractivity contribution in [3.8, 4) is 5.88 Å². The molecule has 0 atom stereocenters. The van der Waals surface area contributed by atoms with Crippen LogP contribution in [0.15, 0.2) is 28.7 Å². The van der Waals surface area contributed by atoms with Gasteiger partial charge in [0.15, 0.2) is 0 Å². The molecule has 9 heteroatoms. The Kier molecular flexibility index (Phi) is 4.66. The highest BCUT2D eigenvalue weighted by Gasteiger charge is 2.23. The zero-order chi connectivity index (χ0) is 15.4. The summed E-state index contributed by atoms with van der Waals surface area (Å²) in [6.07, 6.45) is 0. The molecule has 21 heavy (non-hydrogen) atoms. The first-order chi connectivity index (χ1) is 10.0. The zero-order valence-electron chi connectivity index (χ0n) is 11.0. The fourth-order valence-corrected chi connectivity index (χ4v) is 2.08. The van der Waals surface area contributed by atoms with Crippen molar-refractivity contribution < 1.29 is 9.66 Å². The van der Waals surface area contributed by atoms with Crippen LogP contribution in [0.5, 0.6) is 5.88 Å². The van der Waals surface area contributed by atoms with Crippen LogP contribution < -0.4 is 16.0 Å². The number of nitro groups is 1. The molecule has 0 fully saturated rings. The molecule has 0 aliphatic rings. The average molecular weight is 354 g/mol. The Morgan fingerprint density at radius 1 is 1.43 bits per heavy atom. The molecule has 0 aliphatic heterocycles. The van der Waals surface area contributed by atoms with Gasteiger partial charge in [0, 0.05) is 10.0 Å². The summed E-state index contributed by atoms with van der Waals surface area (Å²) in [4.78, 5) is 18.3. The number of aryl methyl sites for hydroxylation is 1. The third-order valence-corrected chi connectivity index (χ3v) is 3.43. The molecule has 0 amide bonds. The number of benzene rings is 1. The van der Waals surface area contributed by atoms with E-state index >= 15 is 0 Å². The van der Waals surface area contributed by atoms with Gasteiger partial charge in [0.1, 0.15) is 12.3 Å². The summed E-state index contributed by atoms with van der Waals surface area (Å²) in [5.41, 5.74) is 2.98. The van der Waals surface area contributed by atoms with Gasteiger partial charge in [-0.05, 0) is 13.0 Å². The Hall–Kier alpha value is -2.26. The minimum absolute atomic E-state index is 0.0558. The third kappa shape index (κ3) is 3.44. The number of ether oxygens (including phenoxy) is 1. The van der Waals surface area contributed by atoms with E-state index in [1.807, 2.05) is 24.3 Å². The van der Waals surface area contributed by atoms with Crippen LogP contribution >= 0.6 is 15.9 Å². The van der Waals surface area contributed by atoms with Gasteiger partial charge in [-0.15, -0.1) is 0 Å². The largest absolute Gasteiger partial charge is 0.468 e. The van der Waals surface area contributed by atoms with Gasteiger partial charge in [-0.1, -0.05) is 34.1 Å². The van der Waals surface area contributed by atoms with E-state index < -0.39 is 4.92 Å². The van der Waals surface area contributed by atoms with Gasteiger partial charge in [-0.2, -0.15) is 4.98 Å². The molecule has 0 saturated heterocycles. The lowest BCUT2D eigenvalue weighted by Gasteiger charge is -2.09. The summed E-state index contributed by atoms with van der Waals surface area (Å²) in [6, 6.07) is 7.40. The highest BCUT2D eigenvalue weighted by molar-refractivity contribution is 9.10. The molecular formula is C12H12BrN5O3. The third-order valence-electron chi connectivity index (χ3n) is 2.66. The second-order valence-corrected chi connectivity index (χ2v) is 4.92. The minimum atomic E-state index is -0.578. The Balaban J connectivity index is 2.32. The molecule has 3 N–H and O–H groups in total. The molecule has 0 radical (unpaired) electrons. The van der Waals surface area contributed by atoms with Crippen LogP contribution in [-0.4, -0.2) is 14.9 Å². The first kappa shape index (κ1) is 15.1. The van der Waals surface area contributed by atoms with Gasteiger partial charge >= 0.3 is 5.69 Å². The van der Waals surface area contributed by atoms with Crippen LogP contribution in [-0.2, 0) is 6.61 Å². The number of anilines is 1. The van der Waals surface area contributed by atoms with Gasteiger partial charge in [-0.25, -0.2) is 10.8 Å². The summed E-state index contributed by atoms with van der Waals surface area (Å²) in [7, 11) is 0. The topological polar surface area (TPSA) is 116 Å². The van der Waals surface area contributed by atoms with Crippen molar-refractivity contribution in [2.24, 2.45) is 5.84 Å². The fourth-order valence-electron chi connectivity index (χ4n) is 1.68. The van der Waals surface area contributed by atoms with E-state index in [1.54, 1.807) is 0 Å². The maximum Gasteiger partial charge on any atom is 0.352 e. The van der Waals surface area contributed by atoms with Gasteiger partial charge in [-0.3, -0.25) is 15.5 Å². The van der Waals surface area contributed by atoms with E-state index in [4.69, 9.17) is 10.6 Å². The van der Waals surface area contributed by atoms with Crippen molar-refractivity contribution in [1.29, 1.82) is 0 Å². The fraction of sp³-hybridized carbons (Fsp3) is 0.167. The molecule has 8 nitrogen and oxygen atoms in total. The lowest BCUT2D eigenvalue weighted by molar-refractivity contribution is -0.387. The Morgan fingerprint density at radius 2 is 2.14 bits per heavy atom. The van der Waals surface area contributed by atoms with Gasteiger partial charge in [0.2, 0.25) is 5.95 Å². The number of halogens is 1. The molecule has 110 valence electrons. The number of nitrogens with two attached hydrogens (primary N) is 1. The molecule has 1 aromatic heterocycles. The van der Waals surface area contributed by atoms with Crippen LogP contribution in [0.3, 0.4) is 0 Å². The summed E-state index contributed by atoms with van der Waals surface area (Å²) in [5, 5.41) is 11.1. The highest BCUT2D eigenvalue weighted by Crippen LogP contribution is 2.29. The molecular weight excluding hydrogens is 342 g/mol. The summed E-state index contributed by atoms with van der Waals surface area (Å²) in [6.45, 7) is 1.62. The number of nitrogen functional groups attached to an aromatic ring is 1. The molecule has 1 heterocycles. The first-order valence-electron chi connectivity index (χ1n) is 5.88. The van der Waals surface area contributed by atoms with Crippen LogP contribution in [0, 0.1) is 17.0 Å². The molecule has 1 aromatic carbocycles. The lowest BCUT2D eigenvalue weighted by atomic mass is 10.2. The highest BCUT2D eigenvalue weighted by atomic mass is 79.9. The second kappa shape index (κ2) is 6.46. The molecule has 0 spiro atoms. The Bertz CT molecular complexity index is 680. The molecule has 2 rings (SSSR count). The molecule has 2 aromatic rings. The normalized spacial score (nSPS) is 10.2. The van der Waals surface area contributed by atoms with E-state index in [-0.39, 0.29) is 29.8 Å². The smallest absolute Gasteiger partial charge is 0.352 e. The Labute approximate surface area is 128 Å². The quantitative estimate of drug-likeness (QED) is 0.481. The van der Waals surface area contributed by atoms with E-state index in [9.17, 15) is 10.1 Å². The van der Waals surface area contributed by atoms with Crippen molar-refractivity contribution in [2.75, 3.05) is 5.43 Å². The van der Waals surface area contributed by atoms with E-state index in [0.717, 1.165) is 10.0 Å². The number of aromatic nitrogens is 2. The maximum absolute atomic E-state index is 11.1. The average Bonchev–Trinajstić information content (AvgIpc) is 2.45. The standard InChI is InChI=1S/C12H12BrN5O3/c1-7-10(18(19)20)11(16-12(15-7)17-14)21-6-8-4-2-3-5-9(8)13/h2-5H,6,14H2,1H3,(H,15,16,17). The van der Waals surface area contributed by atoms with Crippen LogP contribution in [0.25, 0.3) is 0 Å². The van der Waals surface area contributed by atoms with Crippen molar-refractivity contribution >= 4 is 27.6 Å². The molecule has 0 saturated carbocycles. The number of rotatable bonds is 5. The van der Waals surface area contributed by atoms with Crippen molar-refractivity contribution in [3.63, 3.8) is 0 Å². The van der Waals surface area contributed by atoms with Crippen molar-refractivity contribution in [1.82, 2.24) is 9.97 Å². The van der Waals surface area contributed by atoms with Gasteiger partial charge < -0.3 is 4.74 Å². The molecule has 0 unspecified atom stereocenters. The zero-order valence-corrected chi connectivity index (χ0v) is 12.6. The number of hydrogen-bond acceptors (Lipinski definition) is 7. The van der Waals surface area contributed by atoms with Gasteiger partial charge in [0.05, 0.1) is 4.92 Å². The summed E-state index contributed by atoms with van der Waals surface area (Å²) in [5.74, 6) is 5.16. The van der Waals surface area contributed by atoms with E-state index in [0.29, 0.717) is 0 Å². The minimum Gasteiger partial charge on any atom is -0.468 e. The van der Waals surface area contributed by atoms with Crippen molar-refractivity contribution in [3.05, 3.63) is 50.1 Å². The first-order valence-corrected chi connectivity index (χ1v) is 6.68. The summed E-state index contributed by atoms with van der Waals surface area (Å²) >= 11 is 3.38. The molecule has 0 bridgehead atoms. The number of hydrazine groups is 1. The van der Waals surface area contributed by atoms with Gasteiger partial charge in [0.25, 0.3) is 5.88 Å². The van der Waals surface area contributed by atoms with E-state index in [2.05, 4.69) is 31.3 Å². The summed E-state index contributed by atoms with van der Waals surface area (Å²) < 4.78 is 6.31. The van der Waals surface area contributed by atoms with Crippen LogP contribution in [0.4, 0.5) is 11.6 Å². The number of hydrogen-bond donors (Lipinski definition) is 2. The molecule has 0 aliphatic carbocycles. The maximum atomic E-state index is 11.1. The van der Waals surface area contributed by atoms with Crippen LogP contribution in [0.1, 0.15) is 11.3 Å². The van der Waals surface area contributed by atoms with Crippen LogP contribution in [0.2, 0.25) is 0 Å².